The summed E-state index contributed by atoms with van der Waals surface area (Å²) in [5, 5.41) is 3.66. The Labute approximate surface area is 128 Å². The van der Waals surface area contributed by atoms with Crippen molar-refractivity contribution in [1.82, 2.24) is 5.32 Å². The first-order valence-corrected chi connectivity index (χ1v) is 7.92. The molecule has 2 nitrogen and oxygen atoms in total. The van der Waals surface area contributed by atoms with Crippen LogP contribution in [0.25, 0.3) is 0 Å². The standard InChI is InChI=1S/C16H16ClNOS/c1-11(12-7-3-5-9-14(12)17)18-16(19)13-8-4-6-10-15(13)20-2/h3-11H,1-2H3,(H,18,19). The molecule has 0 saturated heterocycles. The van der Waals surface area contributed by atoms with Gasteiger partial charge in [0.1, 0.15) is 0 Å². The SMILES string of the molecule is CSc1ccccc1C(=O)NC(C)c1ccccc1Cl. The molecule has 0 aromatic heterocycles. The molecule has 0 aliphatic rings. The molecule has 0 aliphatic heterocycles. The van der Waals surface area contributed by atoms with Crippen molar-refractivity contribution in [3.63, 3.8) is 0 Å². The van der Waals surface area contributed by atoms with Gasteiger partial charge in [0.25, 0.3) is 5.91 Å². The Kier molecular flexibility index (Phi) is 5.10. The third-order valence-corrected chi connectivity index (χ3v) is 4.21. The molecule has 4 heteroatoms. The van der Waals surface area contributed by atoms with Gasteiger partial charge in [-0.1, -0.05) is 41.9 Å². The van der Waals surface area contributed by atoms with Gasteiger partial charge in [0.15, 0.2) is 0 Å². The van der Waals surface area contributed by atoms with Crippen LogP contribution in [0, 0.1) is 0 Å². The molecule has 0 spiro atoms. The van der Waals surface area contributed by atoms with Gasteiger partial charge in [-0.2, -0.15) is 0 Å². The van der Waals surface area contributed by atoms with Gasteiger partial charge >= 0.3 is 0 Å². The van der Waals surface area contributed by atoms with Gasteiger partial charge in [0.2, 0.25) is 0 Å². The van der Waals surface area contributed by atoms with E-state index in [0.29, 0.717) is 10.6 Å². The van der Waals surface area contributed by atoms with E-state index >= 15 is 0 Å². The fraction of sp³-hybridized carbons (Fsp3) is 0.188. The number of carbonyl (C=O) groups excluding carboxylic acids is 1. The van der Waals surface area contributed by atoms with Crippen LogP contribution in [-0.2, 0) is 0 Å². The Bertz CT molecular complexity index is 615. The number of carbonyl (C=O) groups is 1. The maximum atomic E-state index is 12.4. The van der Waals surface area contributed by atoms with Gasteiger partial charge in [-0.15, -0.1) is 11.8 Å². The minimum Gasteiger partial charge on any atom is -0.345 e. The number of hydrogen-bond donors (Lipinski definition) is 1. The molecule has 0 saturated carbocycles. The lowest BCUT2D eigenvalue weighted by Crippen LogP contribution is -2.27. The van der Waals surface area contributed by atoms with Crippen LogP contribution < -0.4 is 5.32 Å². The first kappa shape index (κ1) is 14.9. The number of hydrogen-bond acceptors (Lipinski definition) is 2. The van der Waals surface area contributed by atoms with E-state index in [1.807, 2.05) is 61.7 Å². The maximum absolute atomic E-state index is 12.4. The zero-order valence-electron chi connectivity index (χ0n) is 11.4. The Hall–Kier alpha value is -1.45. The topological polar surface area (TPSA) is 29.1 Å². The van der Waals surface area contributed by atoms with Crippen molar-refractivity contribution in [1.29, 1.82) is 0 Å². The van der Waals surface area contributed by atoms with Gasteiger partial charge < -0.3 is 5.32 Å². The van der Waals surface area contributed by atoms with Gasteiger partial charge in [-0.25, -0.2) is 0 Å². The fourth-order valence-corrected chi connectivity index (χ4v) is 2.91. The van der Waals surface area contributed by atoms with E-state index in [2.05, 4.69) is 5.32 Å². The van der Waals surface area contributed by atoms with Crippen LogP contribution in [0.5, 0.6) is 0 Å². The zero-order chi connectivity index (χ0) is 14.5. The minimum atomic E-state index is -0.133. The van der Waals surface area contributed by atoms with E-state index in [-0.39, 0.29) is 11.9 Å². The van der Waals surface area contributed by atoms with Crippen LogP contribution >= 0.6 is 23.4 Å². The number of halogens is 1. The molecular weight excluding hydrogens is 290 g/mol. The molecule has 0 bridgehead atoms. The lowest BCUT2D eigenvalue weighted by molar-refractivity contribution is 0.0937. The smallest absolute Gasteiger partial charge is 0.252 e. The first-order valence-electron chi connectivity index (χ1n) is 6.31. The quantitative estimate of drug-likeness (QED) is 0.839. The molecule has 1 N–H and O–H groups in total. The van der Waals surface area contributed by atoms with E-state index in [0.717, 1.165) is 10.5 Å². The Balaban J connectivity index is 2.18. The van der Waals surface area contributed by atoms with Crippen molar-refractivity contribution in [3.8, 4) is 0 Å². The fourth-order valence-electron chi connectivity index (χ4n) is 2.01. The van der Waals surface area contributed by atoms with Crippen LogP contribution in [0.15, 0.2) is 53.4 Å². The van der Waals surface area contributed by atoms with Crippen LogP contribution in [0.2, 0.25) is 5.02 Å². The summed E-state index contributed by atoms with van der Waals surface area (Å²) in [5.74, 6) is -0.0811. The molecule has 1 atom stereocenters. The van der Waals surface area contributed by atoms with Crippen LogP contribution in [-0.4, -0.2) is 12.2 Å². The highest BCUT2D eigenvalue weighted by atomic mass is 35.5. The van der Waals surface area contributed by atoms with Crippen molar-refractivity contribution in [2.45, 2.75) is 17.9 Å². The second-order valence-corrected chi connectivity index (χ2v) is 5.67. The summed E-state index contributed by atoms with van der Waals surface area (Å²) in [6.07, 6.45) is 1.96. The largest absolute Gasteiger partial charge is 0.345 e. The van der Waals surface area contributed by atoms with Gasteiger partial charge in [0, 0.05) is 9.92 Å². The summed E-state index contributed by atoms with van der Waals surface area (Å²) in [5.41, 5.74) is 1.61. The number of nitrogens with one attached hydrogen (secondary N) is 1. The van der Waals surface area contributed by atoms with Crippen LogP contribution in [0.4, 0.5) is 0 Å². The van der Waals surface area contributed by atoms with E-state index < -0.39 is 0 Å². The van der Waals surface area contributed by atoms with E-state index in [1.165, 1.54) is 0 Å². The first-order chi connectivity index (χ1) is 9.63. The van der Waals surface area contributed by atoms with E-state index in [9.17, 15) is 4.79 Å². The van der Waals surface area contributed by atoms with E-state index in [1.54, 1.807) is 11.8 Å². The van der Waals surface area contributed by atoms with Crippen molar-refractivity contribution < 1.29 is 4.79 Å². The van der Waals surface area contributed by atoms with Crippen molar-refractivity contribution >= 4 is 29.3 Å². The Morgan fingerprint density at radius 1 is 1.15 bits per heavy atom. The highest BCUT2D eigenvalue weighted by Gasteiger charge is 2.15. The molecule has 2 rings (SSSR count). The Morgan fingerprint density at radius 3 is 2.50 bits per heavy atom. The molecule has 0 aliphatic carbocycles. The highest BCUT2D eigenvalue weighted by molar-refractivity contribution is 7.98. The average Bonchev–Trinajstić information content (AvgIpc) is 2.47. The monoisotopic (exact) mass is 305 g/mol. The summed E-state index contributed by atoms with van der Waals surface area (Å²) < 4.78 is 0. The lowest BCUT2D eigenvalue weighted by Gasteiger charge is -2.16. The third-order valence-electron chi connectivity index (χ3n) is 3.07. The number of thioether (sulfide) groups is 1. The molecule has 1 unspecified atom stereocenters. The van der Waals surface area contributed by atoms with Crippen LogP contribution in [0.1, 0.15) is 28.9 Å². The summed E-state index contributed by atoms with van der Waals surface area (Å²) in [6.45, 7) is 1.93. The summed E-state index contributed by atoms with van der Waals surface area (Å²) in [6, 6.07) is 15.0. The molecule has 0 heterocycles. The maximum Gasteiger partial charge on any atom is 0.252 e. The number of amides is 1. The predicted molar refractivity (Wildman–Crippen MR) is 85.6 cm³/mol. The molecule has 1 amide bonds. The van der Waals surface area contributed by atoms with Crippen LogP contribution in [0.3, 0.4) is 0 Å². The predicted octanol–water partition coefficient (Wildman–Crippen LogP) is 4.55. The average molecular weight is 306 g/mol. The molecular formula is C16H16ClNOS. The lowest BCUT2D eigenvalue weighted by atomic mass is 10.1. The van der Waals surface area contributed by atoms with Gasteiger partial charge in [-0.05, 0) is 36.9 Å². The molecule has 104 valence electrons. The normalized spacial score (nSPS) is 11.9. The third kappa shape index (κ3) is 3.35. The second kappa shape index (κ2) is 6.82. The van der Waals surface area contributed by atoms with Crippen molar-refractivity contribution in [3.05, 3.63) is 64.7 Å². The van der Waals surface area contributed by atoms with E-state index in [4.69, 9.17) is 11.6 Å². The summed E-state index contributed by atoms with van der Waals surface area (Å²) >= 11 is 7.71. The van der Waals surface area contributed by atoms with Crippen molar-refractivity contribution in [2.24, 2.45) is 0 Å². The number of benzene rings is 2. The Morgan fingerprint density at radius 2 is 1.80 bits per heavy atom. The zero-order valence-corrected chi connectivity index (χ0v) is 13.0. The molecule has 20 heavy (non-hydrogen) atoms. The summed E-state index contributed by atoms with van der Waals surface area (Å²) in [7, 11) is 0. The molecule has 0 fully saturated rings. The van der Waals surface area contributed by atoms with Gasteiger partial charge in [-0.3, -0.25) is 4.79 Å². The molecule has 0 radical (unpaired) electrons. The molecule has 2 aromatic rings. The second-order valence-electron chi connectivity index (χ2n) is 4.42. The minimum absolute atomic E-state index is 0.0811. The summed E-state index contributed by atoms with van der Waals surface area (Å²) in [4.78, 5) is 13.3. The van der Waals surface area contributed by atoms with Crippen molar-refractivity contribution in [2.75, 3.05) is 6.26 Å². The highest BCUT2D eigenvalue weighted by Crippen LogP contribution is 2.24. The number of rotatable bonds is 4. The van der Waals surface area contributed by atoms with Gasteiger partial charge in [0.05, 0.1) is 11.6 Å². The molecule has 2 aromatic carbocycles.